The zero-order valence-electron chi connectivity index (χ0n) is 19.9. The number of ketones is 1. The summed E-state index contributed by atoms with van der Waals surface area (Å²) in [6.45, 7) is 1.69. The van der Waals surface area contributed by atoms with Crippen molar-refractivity contribution in [1.29, 1.82) is 0 Å². The van der Waals surface area contributed by atoms with Crippen molar-refractivity contribution >= 4 is 17.4 Å². The van der Waals surface area contributed by atoms with Gasteiger partial charge in [0.25, 0.3) is 5.91 Å². The quantitative estimate of drug-likeness (QED) is 0.624. The molecule has 0 bridgehead atoms. The Bertz CT molecular complexity index is 1220. The van der Waals surface area contributed by atoms with Gasteiger partial charge in [-0.25, -0.2) is 8.78 Å². The molecule has 0 spiro atoms. The molecule has 9 heteroatoms. The first-order chi connectivity index (χ1) is 16.8. The predicted octanol–water partition coefficient (Wildman–Crippen LogP) is 4.60. The molecule has 0 saturated carbocycles. The summed E-state index contributed by atoms with van der Waals surface area (Å²) in [4.78, 5) is 26.6. The maximum Gasteiger partial charge on any atom is 0.254 e. The molecule has 1 atom stereocenters. The average Bonchev–Trinajstić information content (AvgIpc) is 2.84. The number of hydrogen-bond acceptors (Lipinski definition) is 6. The SMILES string of the molecule is COc1cc(C2C(C(=O)Nc3c(F)cccc3F)=C(C)NC3=C2C(=O)CCC3)cc(OC)c1OC. The number of benzene rings is 2. The number of carbonyl (C=O) groups excluding carboxylic acids is 2. The fourth-order valence-corrected chi connectivity index (χ4v) is 4.68. The molecule has 1 aliphatic heterocycles. The second-order valence-electron chi connectivity index (χ2n) is 8.28. The summed E-state index contributed by atoms with van der Waals surface area (Å²) in [5.74, 6) is -2.40. The van der Waals surface area contributed by atoms with Crippen LogP contribution in [0.1, 0.15) is 37.7 Å². The van der Waals surface area contributed by atoms with Crippen LogP contribution in [0.25, 0.3) is 0 Å². The number of rotatable bonds is 6. The van der Waals surface area contributed by atoms with Crippen molar-refractivity contribution in [3.05, 3.63) is 70.1 Å². The van der Waals surface area contributed by atoms with E-state index in [1.807, 2.05) is 0 Å². The molecule has 2 N–H and O–H groups in total. The van der Waals surface area contributed by atoms with Gasteiger partial charge in [0.05, 0.1) is 21.3 Å². The third-order valence-electron chi connectivity index (χ3n) is 6.24. The van der Waals surface area contributed by atoms with Crippen LogP contribution < -0.4 is 24.8 Å². The van der Waals surface area contributed by atoms with Gasteiger partial charge in [-0.2, -0.15) is 0 Å². The predicted molar refractivity (Wildman–Crippen MR) is 126 cm³/mol. The molecule has 2 aromatic rings. The Morgan fingerprint density at radius 2 is 1.66 bits per heavy atom. The maximum absolute atomic E-state index is 14.3. The number of allylic oxidation sites excluding steroid dienone is 3. The number of halogens is 2. The van der Waals surface area contributed by atoms with E-state index in [-0.39, 0.29) is 11.4 Å². The normalized spacial score (nSPS) is 17.5. The highest BCUT2D eigenvalue weighted by Crippen LogP contribution is 2.47. The molecular formula is C26H26F2N2O5. The molecular weight excluding hydrogens is 458 g/mol. The van der Waals surface area contributed by atoms with Crippen LogP contribution >= 0.6 is 0 Å². The summed E-state index contributed by atoms with van der Waals surface area (Å²) in [6.07, 6.45) is 1.65. The molecule has 4 rings (SSSR count). The van der Waals surface area contributed by atoms with E-state index in [2.05, 4.69) is 10.6 Å². The van der Waals surface area contributed by atoms with Crippen molar-refractivity contribution in [1.82, 2.24) is 5.32 Å². The van der Waals surface area contributed by atoms with Gasteiger partial charge in [0.2, 0.25) is 5.75 Å². The van der Waals surface area contributed by atoms with E-state index in [4.69, 9.17) is 14.2 Å². The molecule has 1 amide bonds. The Kier molecular flexibility index (Phi) is 6.77. The Morgan fingerprint density at radius 3 is 2.23 bits per heavy atom. The van der Waals surface area contributed by atoms with Crippen molar-refractivity contribution in [2.24, 2.45) is 0 Å². The fourth-order valence-electron chi connectivity index (χ4n) is 4.68. The third-order valence-corrected chi connectivity index (χ3v) is 6.24. The van der Waals surface area contributed by atoms with Crippen LogP contribution in [0, 0.1) is 11.6 Å². The van der Waals surface area contributed by atoms with Crippen molar-refractivity contribution in [2.75, 3.05) is 26.6 Å². The highest BCUT2D eigenvalue weighted by atomic mass is 19.1. The van der Waals surface area contributed by atoms with Crippen LogP contribution in [-0.4, -0.2) is 33.0 Å². The van der Waals surface area contributed by atoms with Crippen LogP contribution in [0.3, 0.4) is 0 Å². The molecule has 7 nitrogen and oxygen atoms in total. The monoisotopic (exact) mass is 484 g/mol. The zero-order valence-corrected chi connectivity index (χ0v) is 19.9. The Hall–Kier alpha value is -3.88. The Balaban J connectivity index is 1.89. The summed E-state index contributed by atoms with van der Waals surface area (Å²) >= 11 is 0. The number of nitrogens with one attached hydrogen (secondary N) is 2. The van der Waals surface area contributed by atoms with Crippen LogP contribution in [0.4, 0.5) is 14.5 Å². The topological polar surface area (TPSA) is 85.9 Å². The van der Waals surface area contributed by atoms with Crippen LogP contribution in [0.5, 0.6) is 17.2 Å². The van der Waals surface area contributed by atoms with E-state index in [0.29, 0.717) is 53.3 Å². The molecule has 0 fully saturated rings. The summed E-state index contributed by atoms with van der Waals surface area (Å²) in [5, 5.41) is 5.54. The number of dihydropyridines is 1. The van der Waals surface area contributed by atoms with E-state index in [1.54, 1.807) is 19.1 Å². The first-order valence-electron chi connectivity index (χ1n) is 11.1. The van der Waals surface area contributed by atoms with Crippen molar-refractivity contribution in [2.45, 2.75) is 32.1 Å². The maximum atomic E-state index is 14.3. The first-order valence-corrected chi connectivity index (χ1v) is 11.1. The average molecular weight is 484 g/mol. The van der Waals surface area contributed by atoms with E-state index >= 15 is 0 Å². The number of carbonyl (C=O) groups is 2. The minimum Gasteiger partial charge on any atom is -0.493 e. The van der Waals surface area contributed by atoms with E-state index < -0.39 is 29.1 Å². The second kappa shape index (κ2) is 9.77. The molecule has 35 heavy (non-hydrogen) atoms. The van der Waals surface area contributed by atoms with Gasteiger partial charge in [0, 0.05) is 34.9 Å². The molecule has 2 aromatic carbocycles. The van der Waals surface area contributed by atoms with Crippen LogP contribution in [-0.2, 0) is 9.59 Å². The molecule has 184 valence electrons. The smallest absolute Gasteiger partial charge is 0.254 e. The van der Waals surface area contributed by atoms with Crippen molar-refractivity contribution in [3.63, 3.8) is 0 Å². The molecule has 2 aliphatic rings. The lowest BCUT2D eigenvalue weighted by molar-refractivity contribution is -0.116. The van der Waals surface area contributed by atoms with Gasteiger partial charge >= 0.3 is 0 Å². The number of Topliss-reactive ketones (excluding diaryl/α,β-unsaturated/α-hetero) is 1. The van der Waals surface area contributed by atoms with Gasteiger partial charge in [0.15, 0.2) is 17.3 Å². The van der Waals surface area contributed by atoms with Gasteiger partial charge in [-0.15, -0.1) is 0 Å². The summed E-state index contributed by atoms with van der Waals surface area (Å²) in [6, 6.07) is 6.67. The highest BCUT2D eigenvalue weighted by Gasteiger charge is 2.39. The molecule has 1 heterocycles. The molecule has 0 aromatic heterocycles. The van der Waals surface area contributed by atoms with E-state index in [0.717, 1.165) is 17.8 Å². The number of anilines is 1. The van der Waals surface area contributed by atoms with Crippen LogP contribution in [0.15, 0.2) is 52.9 Å². The number of methoxy groups -OCH3 is 3. The minimum atomic E-state index is -0.904. The number of amides is 1. The first kappa shape index (κ1) is 24.3. The second-order valence-corrected chi connectivity index (χ2v) is 8.28. The molecule has 1 unspecified atom stereocenters. The molecule has 0 radical (unpaired) electrons. The summed E-state index contributed by atoms with van der Waals surface area (Å²) in [5.41, 5.74) is 1.79. The third kappa shape index (κ3) is 4.34. The van der Waals surface area contributed by atoms with Crippen LogP contribution in [0.2, 0.25) is 0 Å². The number of ether oxygens (including phenoxy) is 3. The van der Waals surface area contributed by atoms with Gasteiger partial charge in [-0.05, 0) is 49.6 Å². The standard InChI is InChI=1S/C26H26F2N2O5/c1-13-21(26(32)30-24-15(27)7-5-8-16(24)28)22(23-17(29-13)9-6-10-18(23)31)14-11-19(33-2)25(35-4)20(12-14)34-3/h5,7-8,11-12,22,29H,6,9-10H2,1-4H3,(H,30,32). The van der Waals surface area contributed by atoms with Gasteiger partial charge in [0.1, 0.15) is 17.3 Å². The van der Waals surface area contributed by atoms with E-state index in [1.165, 1.54) is 27.4 Å². The largest absolute Gasteiger partial charge is 0.493 e. The highest BCUT2D eigenvalue weighted by molar-refractivity contribution is 6.10. The van der Waals surface area contributed by atoms with Gasteiger partial charge in [-0.1, -0.05) is 6.07 Å². The van der Waals surface area contributed by atoms with Gasteiger partial charge < -0.3 is 24.8 Å². The van der Waals surface area contributed by atoms with Gasteiger partial charge in [-0.3, -0.25) is 9.59 Å². The molecule has 1 aliphatic carbocycles. The fraction of sp³-hybridized carbons (Fsp3) is 0.308. The van der Waals surface area contributed by atoms with E-state index in [9.17, 15) is 18.4 Å². The number of para-hydroxylation sites is 1. The lowest BCUT2D eigenvalue weighted by Gasteiger charge is -2.35. The lowest BCUT2D eigenvalue weighted by atomic mass is 9.75. The summed E-state index contributed by atoms with van der Waals surface area (Å²) in [7, 11) is 4.41. The molecule has 0 saturated heterocycles. The number of hydrogen-bond donors (Lipinski definition) is 2. The Labute approximate surface area is 201 Å². The Morgan fingerprint density at radius 1 is 1.03 bits per heavy atom. The minimum absolute atomic E-state index is 0.104. The summed E-state index contributed by atoms with van der Waals surface area (Å²) < 4.78 is 45.0. The zero-order chi connectivity index (χ0) is 25.3. The lowest BCUT2D eigenvalue weighted by Crippen LogP contribution is -2.35. The van der Waals surface area contributed by atoms with Crippen molar-refractivity contribution in [3.8, 4) is 17.2 Å². The van der Waals surface area contributed by atoms with Crippen molar-refractivity contribution < 1.29 is 32.6 Å².